The fourth-order valence-electron chi connectivity index (χ4n) is 4.32. The van der Waals surface area contributed by atoms with Crippen molar-refractivity contribution in [2.24, 2.45) is 0 Å². The molecule has 174 valence electrons. The second-order valence-electron chi connectivity index (χ2n) is 8.57. The number of hydrogen-bond donors (Lipinski definition) is 1. The predicted octanol–water partition coefficient (Wildman–Crippen LogP) is 5.65. The molecule has 0 unspecified atom stereocenters. The number of nitrogens with one attached hydrogen (secondary N) is 1. The summed E-state index contributed by atoms with van der Waals surface area (Å²) in [7, 11) is 0. The minimum Gasteiger partial charge on any atom is -0.353 e. The van der Waals surface area contributed by atoms with Gasteiger partial charge < -0.3 is 9.88 Å². The molecule has 1 aliphatic carbocycles. The van der Waals surface area contributed by atoms with Crippen LogP contribution in [0.4, 0.5) is 4.39 Å². The molecule has 0 aliphatic heterocycles. The van der Waals surface area contributed by atoms with Crippen LogP contribution < -0.4 is 5.32 Å². The molecular weight excluding hydrogens is 435 g/mol. The van der Waals surface area contributed by atoms with Crippen LogP contribution in [0.2, 0.25) is 0 Å². The van der Waals surface area contributed by atoms with Crippen LogP contribution in [0, 0.1) is 5.82 Å². The predicted molar refractivity (Wildman–Crippen MR) is 131 cm³/mol. The second-order valence-corrected chi connectivity index (χ2v) is 9.51. The van der Waals surface area contributed by atoms with E-state index in [0.29, 0.717) is 23.1 Å². The molecule has 0 saturated heterocycles. The van der Waals surface area contributed by atoms with Crippen molar-refractivity contribution in [2.75, 3.05) is 5.75 Å². The molecule has 4 rings (SSSR count). The SMILES string of the molecule is O=C(CSc1nnc(-c2ccccc2F)n1CCc1ccccc1)NC1CCCCCCC1. The second kappa shape index (κ2) is 12.0. The average molecular weight is 467 g/mol. The van der Waals surface area contributed by atoms with Gasteiger partial charge in [0.1, 0.15) is 5.82 Å². The van der Waals surface area contributed by atoms with Gasteiger partial charge in [0.05, 0.1) is 11.3 Å². The third-order valence-corrected chi connectivity index (χ3v) is 7.07. The highest BCUT2D eigenvalue weighted by Gasteiger charge is 2.19. The van der Waals surface area contributed by atoms with Gasteiger partial charge in [-0.25, -0.2) is 4.39 Å². The Kier molecular flexibility index (Phi) is 8.53. The van der Waals surface area contributed by atoms with E-state index in [1.54, 1.807) is 18.2 Å². The van der Waals surface area contributed by atoms with Crippen LogP contribution in [-0.4, -0.2) is 32.5 Å². The molecule has 0 atom stereocenters. The number of thioether (sulfide) groups is 1. The molecule has 5 nitrogen and oxygen atoms in total. The Balaban J connectivity index is 1.46. The zero-order chi connectivity index (χ0) is 22.9. The Morgan fingerprint density at radius 2 is 1.67 bits per heavy atom. The van der Waals surface area contributed by atoms with Crippen molar-refractivity contribution < 1.29 is 9.18 Å². The maximum Gasteiger partial charge on any atom is 0.230 e. The normalized spacial score (nSPS) is 15.1. The smallest absolute Gasteiger partial charge is 0.230 e. The Bertz CT molecular complexity index is 1030. The summed E-state index contributed by atoms with van der Waals surface area (Å²) in [6, 6.07) is 17.0. The van der Waals surface area contributed by atoms with Crippen LogP contribution in [0.15, 0.2) is 59.8 Å². The van der Waals surface area contributed by atoms with E-state index in [1.165, 1.54) is 55.5 Å². The molecule has 1 aromatic heterocycles. The fraction of sp³-hybridized carbons (Fsp3) is 0.423. The van der Waals surface area contributed by atoms with Gasteiger partial charge in [0, 0.05) is 12.6 Å². The van der Waals surface area contributed by atoms with Crippen molar-refractivity contribution in [3.05, 3.63) is 66.0 Å². The first-order valence-electron chi connectivity index (χ1n) is 11.8. The Morgan fingerprint density at radius 1 is 0.970 bits per heavy atom. The van der Waals surface area contributed by atoms with Crippen LogP contribution in [0.25, 0.3) is 11.4 Å². The molecule has 1 aliphatic rings. The van der Waals surface area contributed by atoms with Crippen LogP contribution in [0.3, 0.4) is 0 Å². The summed E-state index contributed by atoms with van der Waals surface area (Å²) >= 11 is 1.36. The molecular formula is C26H31FN4OS. The largest absolute Gasteiger partial charge is 0.353 e. The van der Waals surface area contributed by atoms with E-state index >= 15 is 0 Å². The van der Waals surface area contributed by atoms with Crippen LogP contribution >= 0.6 is 11.8 Å². The van der Waals surface area contributed by atoms with E-state index in [0.717, 1.165) is 19.3 Å². The topological polar surface area (TPSA) is 59.8 Å². The third kappa shape index (κ3) is 6.67. The highest BCUT2D eigenvalue weighted by atomic mass is 32.2. The van der Waals surface area contributed by atoms with Gasteiger partial charge in [-0.05, 0) is 37.0 Å². The van der Waals surface area contributed by atoms with Crippen LogP contribution in [0.1, 0.15) is 50.5 Å². The van der Waals surface area contributed by atoms with Gasteiger partial charge >= 0.3 is 0 Å². The molecule has 0 spiro atoms. The Morgan fingerprint density at radius 3 is 2.42 bits per heavy atom. The number of hydrogen-bond acceptors (Lipinski definition) is 4. The van der Waals surface area contributed by atoms with Gasteiger partial charge in [-0.2, -0.15) is 0 Å². The minimum atomic E-state index is -0.329. The first-order chi connectivity index (χ1) is 16.2. The van der Waals surface area contributed by atoms with E-state index < -0.39 is 0 Å². The van der Waals surface area contributed by atoms with Gasteiger partial charge in [-0.15, -0.1) is 10.2 Å². The molecule has 1 amide bonds. The first-order valence-corrected chi connectivity index (χ1v) is 12.8. The molecule has 3 aromatic rings. The summed E-state index contributed by atoms with van der Waals surface area (Å²) in [6.07, 6.45) is 9.05. The van der Waals surface area contributed by atoms with E-state index in [-0.39, 0.29) is 23.5 Å². The molecule has 1 fully saturated rings. The Hall–Kier alpha value is -2.67. The molecule has 0 radical (unpaired) electrons. The van der Waals surface area contributed by atoms with Crippen molar-refractivity contribution in [1.29, 1.82) is 0 Å². The lowest BCUT2D eigenvalue weighted by molar-refractivity contribution is -0.119. The van der Waals surface area contributed by atoms with E-state index in [4.69, 9.17) is 0 Å². The van der Waals surface area contributed by atoms with Gasteiger partial charge in [0.25, 0.3) is 0 Å². The summed E-state index contributed by atoms with van der Waals surface area (Å²) in [5.74, 6) is 0.462. The number of amides is 1. The summed E-state index contributed by atoms with van der Waals surface area (Å²) in [5.41, 5.74) is 1.60. The monoisotopic (exact) mass is 466 g/mol. The quantitative estimate of drug-likeness (QED) is 0.436. The lowest BCUT2D eigenvalue weighted by Gasteiger charge is -2.20. The number of aromatic nitrogens is 3. The lowest BCUT2D eigenvalue weighted by Crippen LogP contribution is -2.36. The maximum absolute atomic E-state index is 14.5. The number of benzene rings is 2. The van der Waals surface area contributed by atoms with Crippen LogP contribution in [-0.2, 0) is 17.8 Å². The molecule has 33 heavy (non-hydrogen) atoms. The molecule has 1 saturated carbocycles. The molecule has 0 bridgehead atoms. The zero-order valence-electron chi connectivity index (χ0n) is 18.9. The number of carbonyl (C=O) groups excluding carboxylic acids is 1. The van der Waals surface area contributed by atoms with Crippen molar-refractivity contribution >= 4 is 17.7 Å². The van der Waals surface area contributed by atoms with Crippen molar-refractivity contribution in [2.45, 2.75) is 69.1 Å². The number of aryl methyl sites for hydroxylation is 1. The summed E-state index contributed by atoms with van der Waals surface area (Å²) in [5, 5.41) is 12.5. The number of nitrogens with zero attached hydrogens (tertiary/aromatic N) is 3. The van der Waals surface area contributed by atoms with E-state index in [2.05, 4.69) is 27.6 Å². The average Bonchev–Trinajstić information content (AvgIpc) is 3.21. The summed E-state index contributed by atoms with van der Waals surface area (Å²) in [4.78, 5) is 12.7. The summed E-state index contributed by atoms with van der Waals surface area (Å²) < 4.78 is 16.4. The van der Waals surface area contributed by atoms with Gasteiger partial charge in [-0.1, -0.05) is 86.3 Å². The zero-order valence-corrected chi connectivity index (χ0v) is 19.7. The van der Waals surface area contributed by atoms with Crippen LogP contribution in [0.5, 0.6) is 0 Å². The Labute approximate surface area is 199 Å². The van der Waals surface area contributed by atoms with Crippen molar-refractivity contribution in [3.63, 3.8) is 0 Å². The van der Waals surface area contributed by atoms with Crippen molar-refractivity contribution in [3.8, 4) is 11.4 Å². The van der Waals surface area contributed by atoms with Gasteiger partial charge in [0.2, 0.25) is 5.91 Å². The molecule has 7 heteroatoms. The maximum atomic E-state index is 14.5. The highest BCUT2D eigenvalue weighted by Crippen LogP contribution is 2.26. The standard InChI is InChI=1S/C26H31FN4OS/c27-23-16-10-9-15-22(23)25-29-30-26(31(25)18-17-20-11-5-4-6-12-20)33-19-24(32)28-21-13-7-2-1-3-8-14-21/h4-6,9-12,15-16,21H,1-3,7-8,13-14,17-19H2,(H,28,32). The van der Waals surface area contributed by atoms with Crippen molar-refractivity contribution in [1.82, 2.24) is 20.1 Å². The lowest BCUT2D eigenvalue weighted by atomic mass is 9.97. The molecule has 2 aromatic carbocycles. The van der Waals surface area contributed by atoms with E-state index in [9.17, 15) is 9.18 Å². The van der Waals surface area contributed by atoms with Gasteiger partial charge in [0.15, 0.2) is 11.0 Å². The molecule has 1 heterocycles. The summed E-state index contributed by atoms with van der Waals surface area (Å²) in [6.45, 7) is 0.604. The number of halogens is 1. The molecule has 1 N–H and O–H groups in total. The number of carbonyl (C=O) groups is 1. The third-order valence-electron chi connectivity index (χ3n) is 6.10. The highest BCUT2D eigenvalue weighted by molar-refractivity contribution is 7.99. The minimum absolute atomic E-state index is 0.0237. The fourth-order valence-corrected chi connectivity index (χ4v) is 5.10. The first kappa shape index (κ1) is 23.5. The van der Waals surface area contributed by atoms with Gasteiger partial charge in [-0.3, -0.25) is 4.79 Å². The number of rotatable bonds is 8. The van der Waals surface area contributed by atoms with E-state index in [1.807, 2.05) is 22.8 Å².